The predicted octanol–water partition coefficient (Wildman–Crippen LogP) is 6.64. The Bertz CT molecular complexity index is 929. The molecule has 0 aromatic carbocycles. The van der Waals surface area contributed by atoms with Crippen molar-refractivity contribution in [2.24, 2.45) is 71.0 Å². The molecule has 11 aliphatic rings. The van der Waals surface area contributed by atoms with Crippen LogP contribution in [-0.4, -0.2) is 48.3 Å². The summed E-state index contributed by atoms with van der Waals surface area (Å²) >= 11 is 0. The molecule has 6 saturated carbocycles. The third-order valence-electron chi connectivity index (χ3n) is 18.1. The first-order valence-corrected chi connectivity index (χ1v) is 20.8. The Morgan fingerprint density at radius 3 is 0.750 bits per heavy atom. The molecule has 16 unspecified atom stereocenters. The zero-order chi connectivity index (χ0) is 28.5. The minimum Gasteiger partial charge on any atom is -0.309 e. The highest BCUT2D eigenvalue weighted by Crippen LogP contribution is 2.64. The third kappa shape index (κ3) is 4.01. The van der Waals surface area contributed by atoms with E-state index in [4.69, 9.17) is 0 Å². The highest BCUT2D eigenvalue weighted by Gasteiger charge is 2.62. The van der Waals surface area contributed by atoms with E-state index in [1.165, 1.54) is 77.0 Å². The van der Waals surface area contributed by atoms with Gasteiger partial charge in [0.05, 0.1) is 0 Å². The fourth-order valence-electron chi connectivity index (χ4n) is 17.2. The number of nitrogens with one attached hydrogen (secondary N) is 4. The van der Waals surface area contributed by atoms with Crippen LogP contribution in [0.5, 0.6) is 0 Å². The molecule has 11 fully saturated rings. The summed E-state index contributed by atoms with van der Waals surface area (Å²) in [7, 11) is 0. The highest BCUT2D eigenvalue weighted by atomic mass is 15.1. The number of hydrogen-bond acceptors (Lipinski definition) is 4. The zero-order valence-corrected chi connectivity index (χ0v) is 27.7. The Morgan fingerprint density at radius 1 is 0.227 bits per heavy atom. The van der Waals surface area contributed by atoms with Crippen molar-refractivity contribution in [2.75, 3.05) is 0 Å². The fourth-order valence-corrected chi connectivity index (χ4v) is 17.2. The van der Waals surface area contributed by atoms with Crippen molar-refractivity contribution >= 4 is 0 Å². The number of hydrogen-bond donors (Lipinski definition) is 4. The molecule has 5 heterocycles. The van der Waals surface area contributed by atoms with Gasteiger partial charge in [-0.15, -0.1) is 0 Å². The van der Waals surface area contributed by atoms with E-state index in [1.807, 2.05) is 0 Å². The van der Waals surface area contributed by atoms with Gasteiger partial charge in [0, 0.05) is 48.3 Å². The van der Waals surface area contributed by atoms with E-state index >= 15 is 0 Å². The van der Waals surface area contributed by atoms with Gasteiger partial charge in [-0.2, -0.15) is 0 Å². The molecular formula is C40H64N4. The van der Waals surface area contributed by atoms with Gasteiger partial charge >= 0.3 is 0 Å². The fraction of sp³-hybridized carbons (Fsp3) is 1.00. The van der Waals surface area contributed by atoms with Crippen molar-refractivity contribution in [3.8, 4) is 0 Å². The Morgan fingerprint density at radius 2 is 0.477 bits per heavy atom. The van der Waals surface area contributed by atoms with Gasteiger partial charge in [-0.3, -0.25) is 0 Å². The molecule has 11 rings (SSSR count). The second kappa shape index (κ2) is 10.7. The van der Waals surface area contributed by atoms with E-state index in [-0.39, 0.29) is 0 Å². The number of rotatable bonds is 0. The van der Waals surface area contributed by atoms with Crippen LogP contribution in [0.15, 0.2) is 0 Å². The van der Waals surface area contributed by atoms with E-state index in [0.29, 0.717) is 0 Å². The van der Waals surface area contributed by atoms with Crippen LogP contribution >= 0.6 is 0 Å². The summed E-state index contributed by atoms with van der Waals surface area (Å²) in [5.74, 6) is 12.2. The van der Waals surface area contributed by atoms with Crippen molar-refractivity contribution in [1.29, 1.82) is 0 Å². The summed E-state index contributed by atoms with van der Waals surface area (Å²) in [6, 6.07) is 6.13. The van der Waals surface area contributed by atoms with Crippen molar-refractivity contribution in [3.05, 3.63) is 0 Å². The summed E-state index contributed by atoms with van der Waals surface area (Å²) in [5.41, 5.74) is 0. The van der Waals surface area contributed by atoms with Crippen LogP contribution in [0.25, 0.3) is 0 Å². The molecule has 0 aromatic rings. The molecule has 244 valence electrons. The summed E-state index contributed by atoms with van der Waals surface area (Å²) in [5, 5.41) is 18.1. The van der Waals surface area contributed by atoms with E-state index in [2.05, 4.69) is 21.3 Å². The van der Waals surface area contributed by atoms with Gasteiger partial charge in [0.1, 0.15) is 0 Å². The molecule has 8 bridgehead atoms. The van der Waals surface area contributed by atoms with Crippen LogP contribution in [0.2, 0.25) is 0 Å². The SMILES string of the molecule is C1CC2CCCC3C2C(C1)C1C2CCC(N2)C2CCC(N2)C2C4CCCC5CCCC(C54)C2C2CCC(N2)C2CCC(N2)C31. The van der Waals surface area contributed by atoms with Crippen molar-refractivity contribution in [1.82, 2.24) is 21.3 Å². The molecule has 6 aliphatic carbocycles. The van der Waals surface area contributed by atoms with Crippen LogP contribution in [-0.2, 0) is 0 Å². The van der Waals surface area contributed by atoms with Gasteiger partial charge in [-0.25, -0.2) is 0 Å². The number of fused-ring (bicyclic) bond motifs is 20. The standard InChI is InChI=1S/C40H64N4/c1-5-21-6-2-10-24-35(21)23(9-1)37-31-17-13-27(41-31)28-15-19-33(43-28)39-25-11-3-7-22-8-4-12-26(36(22)25)40(39)34-20-16-30(44-34)29-14-18-32(42-29)38(24)37/h21-44H,1-20H2. The molecule has 4 nitrogen and oxygen atoms in total. The summed E-state index contributed by atoms with van der Waals surface area (Å²) in [6.45, 7) is 0. The maximum absolute atomic E-state index is 4.52. The maximum atomic E-state index is 4.52. The van der Waals surface area contributed by atoms with E-state index in [0.717, 1.165) is 119 Å². The molecule has 5 saturated heterocycles. The Labute approximate surface area is 268 Å². The van der Waals surface area contributed by atoms with Gasteiger partial charge in [0.25, 0.3) is 0 Å². The lowest BCUT2D eigenvalue weighted by molar-refractivity contribution is 0.0765. The van der Waals surface area contributed by atoms with Gasteiger partial charge < -0.3 is 21.3 Å². The lowest BCUT2D eigenvalue weighted by atomic mass is 9.63. The van der Waals surface area contributed by atoms with Crippen LogP contribution in [0.3, 0.4) is 0 Å². The Hall–Kier alpha value is -0.160. The predicted molar refractivity (Wildman–Crippen MR) is 177 cm³/mol. The average Bonchev–Trinajstić information content (AvgIpc) is 3.88. The van der Waals surface area contributed by atoms with Crippen LogP contribution in [0.4, 0.5) is 0 Å². The molecular weight excluding hydrogens is 536 g/mol. The molecule has 0 spiro atoms. The monoisotopic (exact) mass is 601 g/mol. The van der Waals surface area contributed by atoms with E-state index in [1.54, 1.807) is 51.4 Å². The van der Waals surface area contributed by atoms with Crippen molar-refractivity contribution in [2.45, 2.75) is 177 Å². The minimum absolute atomic E-state index is 0.736. The second-order valence-electron chi connectivity index (χ2n) is 19.2. The Kier molecular flexibility index (Phi) is 6.73. The van der Waals surface area contributed by atoms with Crippen LogP contribution < -0.4 is 21.3 Å². The first-order chi connectivity index (χ1) is 21.8. The minimum atomic E-state index is 0.736. The molecule has 16 atom stereocenters. The molecule has 0 radical (unpaired) electrons. The zero-order valence-electron chi connectivity index (χ0n) is 27.7. The van der Waals surface area contributed by atoms with Gasteiger partial charge in [0.15, 0.2) is 0 Å². The van der Waals surface area contributed by atoms with Crippen LogP contribution in [0, 0.1) is 71.0 Å². The first kappa shape index (κ1) is 27.8. The smallest absolute Gasteiger partial charge is 0.0224 e. The normalized spacial score (nSPS) is 62.2. The molecule has 4 heteroatoms. The maximum Gasteiger partial charge on any atom is 0.0224 e. The topological polar surface area (TPSA) is 48.1 Å². The Balaban J connectivity index is 0.954. The average molecular weight is 601 g/mol. The second-order valence-corrected chi connectivity index (χ2v) is 19.2. The van der Waals surface area contributed by atoms with Gasteiger partial charge in [0.2, 0.25) is 0 Å². The molecule has 44 heavy (non-hydrogen) atoms. The largest absolute Gasteiger partial charge is 0.309 e. The van der Waals surface area contributed by atoms with Crippen molar-refractivity contribution < 1.29 is 0 Å². The van der Waals surface area contributed by atoms with E-state index in [9.17, 15) is 0 Å². The molecule has 4 N–H and O–H groups in total. The van der Waals surface area contributed by atoms with Gasteiger partial charge in [-0.1, -0.05) is 51.4 Å². The summed E-state index contributed by atoms with van der Waals surface area (Å²) < 4.78 is 0. The quantitative estimate of drug-likeness (QED) is 0.252. The lowest BCUT2D eigenvalue weighted by Gasteiger charge is -2.42. The molecule has 0 amide bonds. The van der Waals surface area contributed by atoms with Crippen molar-refractivity contribution in [3.63, 3.8) is 0 Å². The molecule has 0 aromatic heterocycles. The molecule has 5 aliphatic heterocycles. The van der Waals surface area contributed by atoms with Crippen LogP contribution in [0.1, 0.15) is 128 Å². The summed E-state index contributed by atoms with van der Waals surface area (Å²) in [6.07, 6.45) is 30.3. The third-order valence-corrected chi connectivity index (χ3v) is 18.1. The first-order valence-electron chi connectivity index (χ1n) is 20.8. The van der Waals surface area contributed by atoms with Gasteiger partial charge in [-0.05, 0) is 148 Å². The summed E-state index contributed by atoms with van der Waals surface area (Å²) in [4.78, 5) is 0. The van der Waals surface area contributed by atoms with E-state index < -0.39 is 0 Å². The highest BCUT2D eigenvalue weighted by molar-refractivity contribution is 5.16. The lowest BCUT2D eigenvalue weighted by Crippen LogP contribution is -2.54.